The number of likely N-dealkylation sites (N-methyl/N-ethyl adjacent to an activating group) is 7. The number of hydrogen-bond donors (Lipinski definition) is 3. The Morgan fingerprint density at radius 2 is 1.18 bits per heavy atom. The third-order valence-corrected chi connectivity index (χ3v) is 21.8. The number of carbonyl (C=O) groups is 12. The first kappa shape index (κ1) is 79.3. The van der Waals surface area contributed by atoms with E-state index in [0.717, 1.165) is 79.7 Å². The lowest BCUT2D eigenvalue weighted by atomic mass is 9.80. The lowest BCUT2D eigenvalue weighted by Crippen LogP contribution is -2.65. The predicted octanol–water partition coefficient (Wildman–Crippen LogP) is 5.64. The number of carbonyl (C=O) groups excluding carboxylic acids is 12. The third kappa shape index (κ3) is 20.2. The van der Waals surface area contributed by atoms with E-state index < -0.39 is 167 Å². The van der Waals surface area contributed by atoms with Gasteiger partial charge < -0.3 is 60.0 Å². The molecule has 1 aromatic carbocycles. The van der Waals surface area contributed by atoms with Crippen molar-refractivity contribution in [1.29, 1.82) is 0 Å². The van der Waals surface area contributed by atoms with Gasteiger partial charge in [-0.1, -0.05) is 110 Å². The summed E-state index contributed by atoms with van der Waals surface area (Å²) in [6, 6.07) is -5.55. The zero-order valence-electron chi connectivity index (χ0n) is 60.0. The molecule has 0 unspecified atom stereocenters. The highest BCUT2D eigenvalue weighted by Gasteiger charge is 2.51. The zero-order valence-corrected chi connectivity index (χ0v) is 60.8. The highest BCUT2D eigenvalue weighted by molar-refractivity contribution is 6.31. The summed E-state index contributed by atoms with van der Waals surface area (Å²) in [6.07, 6.45) is 5.90. The number of aryl methyl sites for hydroxylation is 1. The number of nitrogens with zero attached hydrogens (tertiary/aromatic N) is 9. The van der Waals surface area contributed by atoms with Crippen molar-refractivity contribution in [2.45, 2.75) is 229 Å². The van der Waals surface area contributed by atoms with Crippen molar-refractivity contribution in [1.82, 2.24) is 60.0 Å². The van der Waals surface area contributed by atoms with Crippen LogP contribution in [0.4, 0.5) is 13.2 Å². The van der Waals surface area contributed by atoms with E-state index in [1.807, 2.05) is 13.8 Å². The fourth-order valence-electron chi connectivity index (χ4n) is 15.3. The number of piperidine rings is 1. The Morgan fingerprint density at radius 1 is 0.586 bits per heavy atom. The second-order valence-electron chi connectivity index (χ2n) is 29.7. The van der Waals surface area contributed by atoms with E-state index in [9.17, 15) is 51.5 Å². The molecule has 3 heterocycles. The molecule has 24 nitrogen and oxygen atoms in total. The first-order valence-electron chi connectivity index (χ1n) is 35.8. The molecule has 552 valence electrons. The molecule has 12 amide bonds. The summed E-state index contributed by atoms with van der Waals surface area (Å²) in [4.78, 5) is 190. The molecule has 0 radical (unpaired) electrons. The Morgan fingerprint density at radius 3 is 1.78 bits per heavy atom. The van der Waals surface area contributed by atoms with Gasteiger partial charge in [0.2, 0.25) is 70.9 Å². The minimum Gasteiger partial charge on any atom is -0.343 e. The summed E-state index contributed by atoms with van der Waals surface area (Å²) < 4.78 is 41.5. The monoisotopic (exact) mass is 1410 g/mol. The van der Waals surface area contributed by atoms with Crippen LogP contribution in [0.25, 0.3) is 0 Å². The Balaban J connectivity index is 1.26. The van der Waals surface area contributed by atoms with Crippen LogP contribution in [0.1, 0.15) is 180 Å². The van der Waals surface area contributed by atoms with Crippen molar-refractivity contribution < 1.29 is 70.7 Å². The van der Waals surface area contributed by atoms with Crippen LogP contribution in [-0.4, -0.2) is 251 Å². The minimum absolute atomic E-state index is 0.0226. The molecule has 0 bridgehead atoms. The van der Waals surface area contributed by atoms with Crippen LogP contribution in [0.2, 0.25) is 5.02 Å². The molecule has 99 heavy (non-hydrogen) atoms. The predicted molar refractivity (Wildman–Crippen MR) is 364 cm³/mol. The summed E-state index contributed by atoms with van der Waals surface area (Å²) in [5.74, 6) is -8.40. The van der Waals surface area contributed by atoms with Gasteiger partial charge in [-0.3, -0.25) is 57.5 Å². The summed E-state index contributed by atoms with van der Waals surface area (Å²) >= 11 is 6.15. The molecule has 7 rings (SSSR count). The highest BCUT2D eigenvalue weighted by Crippen LogP contribution is 2.38. The van der Waals surface area contributed by atoms with Gasteiger partial charge in [0.15, 0.2) is 0 Å². The molecular weight excluding hydrogens is 1310 g/mol. The van der Waals surface area contributed by atoms with Crippen LogP contribution < -0.4 is 16.0 Å². The average molecular weight is 1410 g/mol. The van der Waals surface area contributed by atoms with E-state index in [4.69, 9.17) is 11.6 Å². The van der Waals surface area contributed by atoms with E-state index in [0.29, 0.717) is 50.8 Å². The molecule has 3 saturated heterocycles. The standard InChI is InChI=1S/C71H108ClF3N12O12/c1-44(2)36-54-62(92)77-52(38-46-24-20-25-46)64(94)81(7)42-59(90)79(5)43-60(91)83(9)55(39-47-22-14-12-15-23-47)66(96)80(6)41-57(88)76-51(30-28-48-27-29-49(50(72)37-48)71(73,74)75)65(95)87-35-21-26-53(87)63(93)78-70(31-16-17-32-70)69(99)85(11)61(45(3)4)68(98)84(10)56(40-58(89)82(54)8)67(97)86-33-18-13-19-34-86/h27,29,37,44-47,51-56,61H,12-26,28,30-36,38-43H2,1-11H3,(H,76,88)(H,77,92)(H,78,93)/t51-,52-,53-,54-,55-,56-,61-/m0/s1. The largest absolute Gasteiger partial charge is 0.417 e. The van der Waals surface area contributed by atoms with Crippen molar-refractivity contribution in [2.75, 3.05) is 88.6 Å². The van der Waals surface area contributed by atoms with E-state index in [1.54, 1.807) is 18.7 Å². The van der Waals surface area contributed by atoms with Gasteiger partial charge in [0, 0.05) is 69.0 Å². The number of hydrogen-bond acceptors (Lipinski definition) is 12. The van der Waals surface area contributed by atoms with E-state index in [2.05, 4.69) is 16.0 Å². The lowest BCUT2D eigenvalue weighted by Gasteiger charge is -2.42. The Kier molecular flexibility index (Phi) is 28.0. The van der Waals surface area contributed by atoms with Crippen LogP contribution in [0.15, 0.2) is 18.2 Å². The number of alkyl halides is 3. The molecule has 7 atom stereocenters. The van der Waals surface area contributed by atoms with Crippen LogP contribution in [-0.2, 0) is 70.1 Å². The minimum atomic E-state index is -4.76. The number of amides is 12. The molecule has 3 aliphatic heterocycles. The van der Waals surface area contributed by atoms with Gasteiger partial charge in [0.25, 0.3) is 0 Å². The molecule has 6 fully saturated rings. The van der Waals surface area contributed by atoms with E-state index in [1.165, 1.54) is 84.8 Å². The SMILES string of the molecule is CC(C)C[C@H]1C(=O)N[C@@H](CC2CCC2)C(=O)N(C)CC(=O)N(C)CC(=O)N(C)[C@@H](CC2CCCCC2)C(=O)N(C)CC(=O)N[C@@H](CCc2ccc(C(F)(F)F)c(Cl)c2)C(=O)N2CCC[C@H]2C(=O)NC2(CCCC2)C(=O)N(C)[C@@H](C(C)C)C(=O)N(C)[C@H](C(=O)N2CCCCC2)CC(=O)N1C. The van der Waals surface area contributed by atoms with E-state index in [-0.39, 0.29) is 75.7 Å². The molecule has 1 aromatic rings. The van der Waals surface area contributed by atoms with Gasteiger partial charge in [-0.15, -0.1) is 0 Å². The molecule has 3 N–H and O–H groups in total. The fraction of sp³-hybridized carbons (Fsp3) is 0.746. The van der Waals surface area contributed by atoms with Crippen LogP contribution in [0.3, 0.4) is 0 Å². The maximum Gasteiger partial charge on any atom is 0.417 e. The number of nitrogens with one attached hydrogen (secondary N) is 3. The molecule has 3 aliphatic carbocycles. The van der Waals surface area contributed by atoms with Crippen LogP contribution in [0, 0.1) is 23.7 Å². The van der Waals surface area contributed by atoms with E-state index >= 15 is 19.2 Å². The first-order valence-corrected chi connectivity index (χ1v) is 36.2. The van der Waals surface area contributed by atoms with Gasteiger partial charge >= 0.3 is 6.18 Å². The first-order chi connectivity index (χ1) is 46.6. The van der Waals surface area contributed by atoms with Gasteiger partial charge in [0.05, 0.1) is 36.6 Å². The summed E-state index contributed by atoms with van der Waals surface area (Å²) in [5.41, 5.74) is -2.35. The third-order valence-electron chi connectivity index (χ3n) is 21.5. The summed E-state index contributed by atoms with van der Waals surface area (Å²) in [6.45, 7) is 6.34. The van der Waals surface area contributed by atoms with Gasteiger partial charge in [-0.25, -0.2) is 0 Å². The maximum absolute atomic E-state index is 15.4. The van der Waals surface area contributed by atoms with Crippen LogP contribution in [0.5, 0.6) is 0 Å². The second kappa shape index (κ2) is 35.0. The van der Waals surface area contributed by atoms with Crippen molar-refractivity contribution in [2.24, 2.45) is 23.7 Å². The maximum atomic E-state index is 15.4. The lowest BCUT2D eigenvalue weighted by molar-refractivity contribution is -0.156. The number of halogens is 4. The highest BCUT2D eigenvalue weighted by atomic mass is 35.5. The van der Waals surface area contributed by atoms with Crippen LogP contribution >= 0.6 is 11.6 Å². The average Bonchev–Trinajstić information content (AvgIpc) is 1.74. The van der Waals surface area contributed by atoms with Gasteiger partial charge in [-0.05, 0) is 118 Å². The molecule has 0 aromatic heterocycles. The molecular formula is C71H108ClF3N12O12. The number of rotatable bonds is 11. The van der Waals surface area contributed by atoms with Crippen molar-refractivity contribution in [3.63, 3.8) is 0 Å². The normalized spacial score (nSPS) is 26.6. The quantitative estimate of drug-likeness (QED) is 0.243. The fourth-order valence-corrected chi connectivity index (χ4v) is 15.6. The number of fused-ring (bicyclic) bond motifs is 1. The molecule has 3 saturated carbocycles. The smallest absolute Gasteiger partial charge is 0.343 e. The molecule has 1 spiro atoms. The van der Waals surface area contributed by atoms with Crippen molar-refractivity contribution >= 4 is 82.5 Å². The molecule has 6 aliphatic rings. The number of benzene rings is 1. The van der Waals surface area contributed by atoms with Crippen molar-refractivity contribution in [3.05, 3.63) is 34.3 Å². The molecule has 28 heteroatoms. The Labute approximate surface area is 586 Å². The summed E-state index contributed by atoms with van der Waals surface area (Å²) in [7, 11) is 9.93. The summed E-state index contributed by atoms with van der Waals surface area (Å²) in [5, 5.41) is 8.15. The zero-order chi connectivity index (χ0) is 73.0. The second-order valence-corrected chi connectivity index (χ2v) is 30.1. The Bertz CT molecular complexity index is 3100. The van der Waals surface area contributed by atoms with Gasteiger partial charge in [0.1, 0.15) is 47.8 Å². The topological polar surface area (TPSA) is 270 Å². The Hall–Kier alpha value is -7.06. The number of likely N-dealkylation sites (tertiary alicyclic amines) is 1. The van der Waals surface area contributed by atoms with Gasteiger partial charge in [-0.2, -0.15) is 13.2 Å². The van der Waals surface area contributed by atoms with Crippen molar-refractivity contribution in [3.8, 4) is 0 Å².